The second-order valence-corrected chi connectivity index (χ2v) is 16.2. The Balaban J connectivity index is 1.50. The summed E-state index contributed by atoms with van der Waals surface area (Å²) < 4.78 is 0. The van der Waals surface area contributed by atoms with Crippen LogP contribution in [-0.4, -0.2) is 107 Å². The topological polar surface area (TPSA) is 267 Å². The summed E-state index contributed by atoms with van der Waals surface area (Å²) in [6.45, 7) is 7.93. The molecule has 2 fully saturated rings. The summed E-state index contributed by atoms with van der Waals surface area (Å²) in [6, 6.07) is 8.42. The first kappa shape index (κ1) is 47.8. The average molecular weight is 849 g/mol. The van der Waals surface area contributed by atoms with Gasteiger partial charge >= 0.3 is 5.97 Å². The number of hydroxylamine groups is 2. The summed E-state index contributed by atoms with van der Waals surface area (Å²) in [4.78, 5) is 112. The first-order valence-corrected chi connectivity index (χ1v) is 20.9. The summed E-state index contributed by atoms with van der Waals surface area (Å²) in [5, 5.41) is 27.0. The fourth-order valence-corrected chi connectivity index (χ4v) is 7.00. The van der Waals surface area contributed by atoms with E-state index in [1.165, 1.54) is 12.1 Å². The predicted molar refractivity (Wildman–Crippen MR) is 222 cm³/mol. The molecule has 0 aromatic heterocycles. The molecule has 0 radical (unpaired) electrons. The largest absolute Gasteiger partial charge is 0.508 e. The van der Waals surface area contributed by atoms with E-state index in [9.17, 15) is 43.5 Å². The second kappa shape index (κ2) is 23.2. The zero-order valence-electron chi connectivity index (χ0n) is 35.2. The van der Waals surface area contributed by atoms with Crippen LogP contribution in [0.1, 0.15) is 83.8 Å². The van der Waals surface area contributed by atoms with Gasteiger partial charge in [0.1, 0.15) is 36.0 Å². The van der Waals surface area contributed by atoms with Gasteiger partial charge in [0.2, 0.25) is 29.5 Å². The van der Waals surface area contributed by atoms with E-state index in [0.717, 1.165) is 6.42 Å². The van der Waals surface area contributed by atoms with Gasteiger partial charge in [0, 0.05) is 25.7 Å². The molecule has 0 aliphatic carbocycles. The summed E-state index contributed by atoms with van der Waals surface area (Å²) in [5.74, 6) is -6.13. The molecule has 18 heteroatoms. The lowest BCUT2D eigenvalue weighted by atomic mass is 9.99. The molecule has 4 rings (SSSR count). The minimum Gasteiger partial charge on any atom is -0.508 e. The number of nitrogens with one attached hydrogen (secondary N) is 6. The Morgan fingerprint density at radius 1 is 0.754 bits per heavy atom. The van der Waals surface area contributed by atoms with E-state index in [-0.39, 0.29) is 62.6 Å². The molecule has 9 N–H and O–H groups in total. The zero-order valence-corrected chi connectivity index (χ0v) is 35.2. The monoisotopic (exact) mass is 848 g/mol. The van der Waals surface area contributed by atoms with Crippen LogP contribution in [0.4, 0.5) is 0 Å². The molecule has 7 amide bonds. The van der Waals surface area contributed by atoms with Crippen molar-refractivity contribution < 1.29 is 48.3 Å². The van der Waals surface area contributed by atoms with E-state index in [0.29, 0.717) is 35.6 Å². The number of nitrogens with zero attached hydrogens (tertiary/aromatic N) is 1. The Hall–Kier alpha value is -5.88. The van der Waals surface area contributed by atoms with Crippen molar-refractivity contribution in [2.75, 3.05) is 13.1 Å². The summed E-state index contributed by atoms with van der Waals surface area (Å²) >= 11 is 0. The normalized spacial score (nSPS) is 17.6. The number of aromatic hydroxyl groups is 1. The number of nitrogens with two attached hydrogens (primary N) is 1. The number of carbonyl (C=O) groups is 8. The molecule has 61 heavy (non-hydrogen) atoms. The standard InChI is InChI=1S/C43H60N8O10/c1-25(2)22-32(40(57)49-34(24-27-10-6-5-7-11-27)43(60)61-51-35(53)18-19-36(51)54)47-39(56)31(12-8-20-44)46-42(59)37(26(3)4)50-41(58)33(23-28-14-16-29(52)17-15-28)48-38(55)30-13-9-21-45-30/h5-7,10-11,14-17,25-26,30-34,37,45,52H,8-9,12-13,18-24,44H2,1-4H3,(H,46,59)(H,47,56)(H,48,55)(H,49,57)(H,50,58)/t30-,31-,32-,33+,34+,37-/m0/s1. The van der Waals surface area contributed by atoms with Crippen molar-refractivity contribution in [3.63, 3.8) is 0 Å². The molecule has 2 saturated heterocycles. The van der Waals surface area contributed by atoms with Gasteiger partial charge in [-0.05, 0) is 80.3 Å². The molecule has 2 heterocycles. The van der Waals surface area contributed by atoms with E-state index in [2.05, 4.69) is 31.9 Å². The SMILES string of the molecule is CC(C)C[C@H](NC(=O)[C@H](CCCN)NC(=O)[C@@H](NC(=O)[C@@H](Cc1ccc(O)cc1)NC(=O)[C@@H]1CCCN1)C(C)C)C(=O)N[C@H](Cc1ccccc1)C(=O)ON1C(=O)CCC1=O. The first-order valence-electron chi connectivity index (χ1n) is 20.9. The zero-order chi connectivity index (χ0) is 44.6. The first-order chi connectivity index (χ1) is 29.1. The Morgan fingerprint density at radius 3 is 1.92 bits per heavy atom. The molecule has 332 valence electrons. The molecule has 0 bridgehead atoms. The van der Waals surface area contributed by atoms with Crippen LogP contribution in [0.2, 0.25) is 0 Å². The predicted octanol–water partition coefficient (Wildman–Crippen LogP) is 0.402. The number of hydrogen-bond donors (Lipinski definition) is 8. The minimum atomic E-state index is -1.36. The fourth-order valence-electron chi connectivity index (χ4n) is 7.00. The summed E-state index contributed by atoms with van der Waals surface area (Å²) in [6.07, 6.45) is 1.70. The smallest absolute Gasteiger partial charge is 0.355 e. The van der Waals surface area contributed by atoms with Gasteiger partial charge in [-0.2, -0.15) is 0 Å². The van der Waals surface area contributed by atoms with E-state index in [1.807, 2.05) is 13.8 Å². The van der Waals surface area contributed by atoms with E-state index < -0.39 is 83.6 Å². The van der Waals surface area contributed by atoms with Crippen LogP contribution in [0.5, 0.6) is 5.75 Å². The van der Waals surface area contributed by atoms with Crippen molar-refractivity contribution in [1.29, 1.82) is 0 Å². The van der Waals surface area contributed by atoms with Crippen LogP contribution in [-0.2, 0) is 56.0 Å². The number of amides is 7. The number of phenolic OH excluding ortho intramolecular Hbond substituents is 1. The maximum Gasteiger partial charge on any atom is 0.355 e. The molecule has 0 saturated carbocycles. The van der Waals surface area contributed by atoms with Gasteiger partial charge in [0.05, 0.1) is 6.04 Å². The molecule has 2 aliphatic rings. The van der Waals surface area contributed by atoms with Gasteiger partial charge in [-0.1, -0.05) is 70.2 Å². The van der Waals surface area contributed by atoms with Gasteiger partial charge in [-0.15, -0.1) is 5.06 Å². The fraction of sp³-hybridized carbons (Fsp3) is 0.535. The van der Waals surface area contributed by atoms with E-state index in [4.69, 9.17) is 10.6 Å². The van der Waals surface area contributed by atoms with Crippen molar-refractivity contribution in [2.24, 2.45) is 17.6 Å². The highest BCUT2D eigenvalue weighted by Gasteiger charge is 2.38. The molecule has 2 aliphatic heterocycles. The Bertz CT molecular complexity index is 1840. The number of phenols is 1. The Morgan fingerprint density at radius 2 is 1.33 bits per heavy atom. The molecule has 0 unspecified atom stereocenters. The average Bonchev–Trinajstić information content (AvgIpc) is 3.88. The van der Waals surface area contributed by atoms with Crippen LogP contribution >= 0.6 is 0 Å². The number of benzene rings is 2. The number of hydrogen-bond acceptors (Lipinski definition) is 12. The molecule has 18 nitrogen and oxygen atoms in total. The van der Waals surface area contributed by atoms with Gasteiger partial charge in [-0.3, -0.25) is 33.6 Å². The van der Waals surface area contributed by atoms with Crippen molar-refractivity contribution in [3.8, 4) is 5.75 Å². The minimum absolute atomic E-state index is 0.0345. The Kier molecular flexibility index (Phi) is 18.2. The lowest BCUT2D eigenvalue weighted by Crippen LogP contribution is -2.60. The molecule has 2 aromatic rings. The molecule has 6 atom stereocenters. The summed E-state index contributed by atoms with van der Waals surface area (Å²) in [5.41, 5.74) is 7.10. The van der Waals surface area contributed by atoms with E-state index in [1.54, 1.807) is 56.3 Å². The van der Waals surface area contributed by atoms with Crippen LogP contribution in [0.25, 0.3) is 0 Å². The number of rotatable bonds is 22. The number of carbonyl (C=O) groups excluding carboxylic acids is 8. The highest BCUT2D eigenvalue weighted by atomic mass is 16.7. The van der Waals surface area contributed by atoms with Crippen molar-refractivity contribution in [1.82, 2.24) is 37.0 Å². The third kappa shape index (κ3) is 14.7. The van der Waals surface area contributed by atoms with Crippen LogP contribution in [0, 0.1) is 11.8 Å². The Labute approximate surface area is 355 Å². The lowest BCUT2D eigenvalue weighted by molar-refractivity contribution is -0.199. The maximum atomic E-state index is 14.0. The maximum absolute atomic E-state index is 14.0. The van der Waals surface area contributed by atoms with Crippen molar-refractivity contribution in [2.45, 2.75) is 122 Å². The highest BCUT2D eigenvalue weighted by Crippen LogP contribution is 2.17. The van der Waals surface area contributed by atoms with Gasteiger partial charge in [-0.25, -0.2) is 4.79 Å². The molecular formula is C43H60N8O10. The quantitative estimate of drug-likeness (QED) is 0.0749. The van der Waals surface area contributed by atoms with Crippen molar-refractivity contribution in [3.05, 3.63) is 65.7 Å². The van der Waals surface area contributed by atoms with Crippen LogP contribution in [0.3, 0.4) is 0 Å². The lowest BCUT2D eigenvalue weighted by Gasteiger charge is -2.29. The van der Waals surface area contributed by atoms with Gasteiger partial charge < -0.3 is 47.6 Å². The van der Waals surface area contributed by atoms with Crippen LogP contribution in [0.15, 0.2) is 54.6 Å². The van der Waals surface area contributed by atoms with Crippen LogP contribution < -0.4 is 37.6 Å². The summed E-state index contributed by atoms with van der Waals surface area (Å²) in [7, 11) is 0. The van der Waals surface area contributed by atoms with E-state index >= 15 is 0 Å². The third-order valence-electron chi connectivity index (χ3n) is 10.4. The third-order valence-corrected chi connectivity index (χ3v) is 10.4. The molecule has 2 aromatic carbocycles. The van der Waals surface area contributed by atoms with Gasteiger partial charge in [0.15, 0.2) is 0 Å². The number of imide groups is 1. The second-order valence-electron chi connectivity index (χ2n) is 16.2. The van der Waals surface area contributed by atoms with Gasteiger partial charge in [0.25, 0.3) is 11.8 Å². The highest BCUT2D eigenvalue weighted by molar-refractivity contribution is 6.02. The van der Waals surface area contributed by atoms with Crippen molar-refractivity contribution >= 4 is 47.3 Å². The molecular weight excluding hydrogens is 789 g/mol. The molecule has 0 spiro atoms.